The van der Waals surface area contributed by atoms with E-state index in [1.807, 2.05) is 0 Å². The van der Waals surface area contributed by atoms with Crippen LogP contribution < -0.4 is 5.30 Å². The van der Waals surface area contributed by atoms with Crippen molar-refractivity contribution in [3.8, 4) is 0 Å². The molecule has 0 amide bonds. The van der Waals surface area contributed by atoms with Gasteiger partial charge in [-0.1, -0.05) is 39.5 Å². The third-order valence-corrected chi connectivity index (χ3v) is 7.37. The van der Waals surface area contributed by atoms with Crippen LogP contribution in [0.1, 0.15) is 58.8 Å². The van der Waals surface area contributed by atoms with Gasteiger partial charge in [-0.25, -0.2) is 22.0 Å². The largest absolute Gasteiger partial charge is 0.376 e. The number of rotatable bonds is 12. The molecule has 0 saturated heterocycles. The lowest BCUT2D eigenvalue weighted by atomic mass is 10.0. The monoisotopic (exact) mass is 490 g/mol. The average molecular weight is 490 g/mol. The molecular weight excluding hydrogens is 468 g/mol. The van der Waals surface area contributed by atoms with Crippen molar-refractivity contribution in [3.63, 3.8) is 0 Å². The molecule has 1 aromatic carbocycles. The summed E-state index contributed by atoms with van der Waals surface area (Å²) in [5, 5.41) is -2.16. The smallest absolute Gasteiger partial charge is 0.203 e. The van der Waals surface area contributed by atoms with Crippen LogP contribution >= 0.6 is 7.92 Å². The van der Waals surface area contributed by atoms with Gasteiger partial charge in [-0.2, -0.15) is 26.3 Å². The molecule has 31 heavy (non-hydrogen) atoms. The van der Waals surface area contributed by atoms with Crippen molar-refractivity contribution in [2.45, 2.75) is 76.3 Å². The summed E-state index contributed by atoms with van der Waals surface area (Å²) in [4.78, 5) is 0. The van der Waals surface area contributed by atoms with Gasteiger partial charge in [0.2, 0.25) is 5.82 Å². The molecule has 180 valence electrons. The summed E-state index contributed by atoms with van der Waals surface area (Å²) >= 11 is 0. The first-order valence-corrected chi connectivity index (χ1v) is 11.1. The summed E-state index contributed by atoms with van der Waals surface area (Å²) in [5.74, 6) is -24.7. The normalized spacial score (nSPS) is 14.2. The van der Waals surface area contributed by atoms with Gasteiger partial charge in [-0.3, -0.25) is 0 Å². The van der Waals surface area contributed by atoms with Crippen LogP contribution in [-0.2, 0) is 0 Å². The molecule has 0 saturated carbocycles. The molecular formula is C19H22F11P. The first-order chi connectivity index (χ1) is 14.2. The molecule has 1 rings (SSSR count). The molecule has 1 unspecified atom stereocenters. The second-order valence-electron chi connectivity index (χ2n) is 7.05. The molecule has 0 aromatic heterocycles. The highest BCUT2D eigenvalue weighted by Gasteiger charge is 2.73. The SMILES string of the molecule is CCCCCCC(F)(F)C(F)(F)C(F)(F)P(CCCC)c1c(F)c(F)c(F)c(F)c1F. The molecule has 0 aliphatic heterocycles. The summed E-state index contributed by atoms with van der Waals surface area (Å²) in [6.45, 7) is 3.08. The number of unbranched alkanes of at least 4 members (excludes halogenated alkanes) is 4. The fourth-order valence-electron chi connectivity index (χ4n) is 2.86. The van der Waals surface area contributed by atoms with Crippen molar-refractivity contribution in [1.29, 1.82) is 0 Å². The highest BCUT2D eigenvalue weighted by molar-refractivity contribution is 7.66. The third-order valence-electron chi connectivity index (χ3n) is 4.71. The third kappa shape index (κ3) is 5.45. The van der Waals surface area contributed by atoms with Gasteiger partial charge < -0.3 is 0 Å². The van der Waals surface area contributed by atoms with Crippen molar-refractivity contribution in [1.82, 2.24) is 0 Å². The van der Waals surface area contributed by atoms with Gasteiger partial charge >= 0.3 is 17.5 Å². The van der Waals surface area contributed by atoms with Crippen LogP contribution in [0.2, 0.25) is 0 Å². The quantitative estimate of drug-likeness (QED) is 0.0913. The van der Waals surface area contributed by atoms with Gasteiger partial charge in [0.05, 0.1) is 5.30 Å². The van der Waals surface area contributed by atoms with E-state index < -0.39 is 78.8 Å². The van der Waals surface area contributed by atoms with E-state index in [0.29, 0.717) is 12.8 Å². The van der Waals surface area contributed by atoms with Crippen molar-refractivity contribution < 1.29 is 48.3 Å². The Morgan fingerprint density at radius 2 is 1.06 bits per heavy atom. The molecule has 0 heterocycles. The summed E-state index contributed by atoms with van der Waals surface area (Å²) in [5.41, 5.74) is -5.75. The zero-order valence-electron chi connectivity index (χ0n) is 16.8. The number of hydrogen-bond acceptors (Lipinski definition) is 0. The maximum absolute atomic E-state index is 14.8. The lowest BCUT2D eigenvalue weighted by Gasteiger charge is -2.38. The Morgan fingerprint density at radius 1 is 0.613 bits per heavy atom. The summed E-state index contributed by atoms with van der Waals surface area (Å²) in [7, 11) is -4.23. The molecule has 0 N–H and O–H groups in total. The lowest BCUT2D eigenvalue weighted by Crippen LogP contribution is -2.54. The predicted molar refractivity (Wildman–Crippen MR) is 96.2 cm³/mol. The van der Waals surface area contributed by atoms with Crippen LogP contribution in [0.3, 0.4) is 0 Å². The molecule has 0 aliphatic rings. The van der Waals surface area contributed by atoms with Gasteiger partial charge in [-0.15, -0.1) is 0 Å². The highest BCUT2D eigenvalue weighted by atomic mass is 31.1. The Hall–Kier alpha value is -1.12. The molecule has 0 aliphatic carbocycles. The Labute approximate surface area is 173 Å². The van der Waals surface area contributed by atoms with Crippen molar-refractivity contribution >= 4 is 13.2 Å². The number of benzene rings is 1. The van der Waals surface area contributed by atoms with Crippen molar-refractivity contribution in [2.75, 3.05) is 6.16 Å². The van der Waals surface area contributed by atoms with Crippen LogP contribution in [0.25, 0.3) is 0 Å². The lowest BCUT2D eigenvalue weighted by molar-refractivity contribution is -0.280. The average Bonchev–Trinajstić information content (AvgIpc) is 2.70. The van der Waals surface area contributed by atoms with Crippen molar-refractivity contribution in [3.05, 3.63) is 29.1 Å². The Bertz CT molecular complexity index is 720. The van der Waals surface area contributed by atoms with Crippen LogP contribution in [0.15, 0.2) is 0 Å². The minimum absolute atomic E-state index is 0.0172. The second kappa shape index (κ2) is 10.7. The first kappa shape index (κ1) is 27.9. The number of hydrogen-bond donors (Lipinski definition) is 0. The maximum atomic E-state index is 14.8. The zero-order chi connectivity index (χ0) is 24.2. The molecule has 0 spiro atoms. The topological polar surface area (TPSA) is 0 Å². The van der Waals surface area contributed by atoms with Gasteiger partial charge in [0.15, 0.2) is 23.3 Å². The van der Waals surface area contributed by atoms with E-state index in [1.54, 1.807) is 6.92 Å². The molecule has 1 aromatic rings. The summed E-state index contributed by atoms with van der Waals surface area (Å²) in [6.07, 6.45) is -2.63. The minimum Gasteiger partial charge on any atom is -0.203 e. The standard InChI is InChI=1S/C19H22F11P/c1-3-5-7-8-9-17(25,26)18(27,28)19(29,30)31(10-6-4-2)16-14(23)12(21)11(20)13(22)15(16)24/h3-10H2,1-2H3. The molecule has 0 bridgehead atoms. The maximum Gasteiger partial charge on any atom is 0.376 e. The van der Waals surface area contributed by atoms with Gasteiger partial charge in [0.1, 0.15) is 0 Å². The minimum atomic E-state index is -6.08. The van der Waals surface area contributed by atoms with E-state index in [9.17, 15) is 48.3 Å². The molecule has 12 heteroatoms. The summed E-state index contributed by atoms with van der Waals surface area (Å²) in [6, 6.07) is 0. The van der Waals surface area contributed by atoms with E-state index in [2.05, 4.69) is 0 Å². The number of alkyl halides is 6. The Kier molecular flexibility index (Phi) is 9.60. The van der Waals surface area contributed by atoms with E-state index in [0.717, 1.165) is 0 Å². The van der Waals surface area contributed by atoms with Gasteiger partial charge in [0, 0.05) is 14.3 Å². The number of halogens is 11. The van der Waals surface area contributed by atoms with E-state index in [-0.39, 0.29) is 19.3 Å². The van der Waals surface area contributed by atoms with Crippen LogP contribution in [-0.4, -0.2) is 23.7 Å². The van der Waals surface area contributed by atoms with Crippen LogP contribution in [0.5, 0.6) is 0 Å². The molecule has 0 nitrogen and oxygen atoms in total. The van der Waals surface area contributed by atoms with Gasteiger partial charge in [-0.05, 0) is 19.0 Å². The predicted octanol–water partition coefficient (Wildman–Crippen LogP) is 8.12. The van der Waals surface area contributed by atoms with Crippen LogP contribution in [0.4, 0.5) is 48.3 Å². The molecule has 0 fully saturated rings. The first-order valence-electron chi connectivity index (χ1n) is 9.61. The zero-order valence-corrected chi connectivity index (χ0v) is 17.7. The fourth-order valence-corrected chi connectivity index (χ4v) is 5.45. The highest BCUT2D eigenvalue weighted by Crippen LogP contribution is 2.63. The summed E-state index contributed by atoms with van der Waals surface area (Å²) < 4.78 is 155. The molecule has 0 radical (unpaired) electrons. The van der Waals surface area contributed by atoms with E-state index in [4.69, 9.17) is 0 Å². The van der Waals surface area contributed by atoms with Crippen LogP contribution in [0, 0.1) is 29.1 Å². The Morgan fingerprint density at radius 3 is 1.52 bits per heavy atom. The fraction of sp³-hybridized carbons (Fsp3) is 0.684. The van der Waals surface area contributed by atoms with E-state index in [1.165, 1.54) is 6.92 Å². The van der Waals surface area contributed by atoms with E-state index >= 15 is 0 Å². The van der Waals surface area contributed by atoms with Crippen molar-refractivity contribution in [2.24, 2.45) is 0 Å². The molecule has 1 atom stereocenters. The second-order valence-corrected chi connectivity index (χ2v) is 9.37. The van der Waals surface area contributed by atoms with Gasteiger partial charge in [0.25, 0.3) is 0 Å². The Balaban J connectivity index is 3.54.